The minimum atomic E-state index is -3.67. The number of nitrogens with one attached hydrogen (secondary N) is 1. The van der Waals surface area contributed by atoms with Crippen LogP contribution in [0.5, 0.6) is 0 Å². The Balaban J connectivity index is 2.24. The van der Waals surface area contributed by atoms with Crippen molar-refractivity contribution < 1.29 is 17.9 Å². The molecule has 0 saturated heterocycles. The van der Waals surface area contributed by atoms with Gasteiger partial charge in [-0.1, -0.05) is 24.6 Å². The maximum Gasteiger partial charge on any atom is 0.412 e. The second kappa shape index (κ2) is 8.65. The van der Waals surface area contributed by atoms with Gasteiger partial charge in [-0.3, -0.25) is 9.62 Å². The molecular formula is C21H28N2O4S. The van der Waals surface area contributed by atoms with Crippen molar-refractivity contribution in [2.75, 3.05) is 16.2 Å². The van der Waals surface area contributed by atoms with Gasteiger partial charge in [0.15, 0.2) is 0 Å². The summed E-state index contributed by atoms with van der Waals surface area (Å²) in [6.45, 7) is 9.55. The SMILES string of the molecule is CCCN(c1ccc(NC(=O)OC(C)(C)C)cc1)S(=O)(=O)c1ccc(C)cc1. The maximum absolute atomic E-state index is 13.1. The summed E-state index contributed by atoms with van der Waals surface area (Å²) in [6, 6.07) is 13.5. The number of amides is 1. The quantitative estimate of drug-likeness (QED) is 0.739. The number of hydrogen-bond acceptors (Lipinski definition) is 4. The van der Waals surface area contributed by atoms with E-state index in [1.807, 2.05) is 13.8 Å². The Labute approximate surface area is 167 Å². The number of benzene rings is 2. The van der Waals surface area contributed by atoms with Crippen LogP contribution in [-0.2, 0) is 14.8 Å². The molecule has 0 aliphatic rings. The van der Waals surface area contributed by atoms with E-state index in [0.717, 1.165) is 5.56 Å². The third kappa shape index (κ3) is 5.73. The largest absolute Gasteiger partial charge is 0.444 e. The Bertz CT molecular complexity index is 899. The molecular weight excluding hydrogens is 376 g/mol. The van der Waals surface area contributed by atoms with Crippen LogP contribution in [0, 0.1) is 6.92 Å². The zero-order valence-corrected chi connectivity index (χ0v) is 17.8. The van der Waals surface area contributed by atoms with E-state index in [9.17, 15) is 13.2 Å². The Kier molecular flexibility index (Phi) is 6.72. The van der Waals surface area contributed by atoms with E-state index >= 15 is 0 Å². The fourth-order valence-electron chi connectivity index (χ4n) is 2.56. The summed E-state index contributed by atoms with van der Waals surface area (Å²) in [5.41, 5.74) is 1.47. The Morgan fingerprint density at radius 1 is 1.04 bits per heavy atom. The summed E-state index contributed by atoms with van der Waals surface area (Å²) in [5, 5.41) is 2.64. The molecule has 2 rings (SSSR count). The van der Waals surface area contributed by atoms with Gasteiger partial charge in [0.05, 0.1) is 10.6 Å². The third-order valence-electron chi connectivity index (χ3n) is 3.84. The molecule has 0 aliphatic heterocycles. The molecule has 0 saturated carbocycles. The lowest BCUT2D eigenvalue weighted by atomic mass is 10.2. The number of sulfonamides is 1. The molecule has 0 aliphatic carbocycles. The van der Waals surface area contributed by atoms with Crippen LogP contribution in [0.15, 0.2) is 53.4 Å². The molecule has 2 aromatic rings. The Hall–Kier alpha value is -2.54. The topological polar surface area (TPSA) is 75.7 Å². The van der Waals surface area contributed by atoms with E-state index in [-0.39, 0.29) is 4.90 Å². The van der Waals surface area contributed by atoms with Gasteiger partial charge < -0.3 is 4.74 Å². The van der Waals surface area contributed by atoms with Gasteiger partial charge in [0.25, 0.3) is 10.0 Å². The lowest BCUT2D eigenvalue weighted by Gasteiger charge is -2.24. The molecule has 0 spiro atoms. The summed E-state index contributed by atoms with van der Waals surface area (Å²) < 4.78 is 32.8. The first kappa shape index (κ1) is 21.8. The Morgan fingerprint density at radius 3 is 2.11 bits per heavy atom. The van der Waals surface area contributed by atoms with Gasteiger partial charge in [-0.2, -0.15) is 0 Å². The summed E-state index contributed by atoms with van der Waals surface area (Å²) in [6.07, 6.45) is 0.112. The standard InChI is InChI=1S/C21H28N2O4S/c1-6-15-23(28(25,26)19-13-7-16(2)8-14-19)18-11-9-17(10-12-18)22-20(24)27-21(3,4)5/h7-14H,6,15H2,1-5H3,(H,22,24). The molecule has 1 N–H and O–H groups in total. The van der Waals surface area contributed by atoms with Gasteiger partial charge in [-0.05, 0) is 70.5 Å². The van der Waals surface area contributed by atoms with Crippen LogP contribution in [0.1, 0.15) is 39.7 Å². The van der Waals surface area contributed by atoms with E-state index in [0.29, 0.717) is 24.3 Å². The molecule has 6 nitrogen and oxygen atoms in total. The predicted octanol–water partition coefficient (Wildman–Crippen LogP) is 4.95. The molecule has 1 amide bonds. The van der Waals surface area contributed by atoms with Crippen LogP contribution in [0.4, 0.5) is 16.2 Å². The molecule has 7 heteroatoms. The Morgan fingerprint density at radius 2 is 1.61 bits per heavy atom. The maximum atomic E-state index is 13.1. The van der Waals surface area contributed by atoms with Crippen LogP contribution in [0.3, 0.4) is 0 Å². The normalized spacial score (nSPS) is 11.8. The number of carbonyl (C=O) groups is 1. The lowest BCUT2D eigenvalue weighted by Crippen LogP contribution is -2.31. The average Bonchev–Trinajstić information content (AvgIpc) is 2.59. The molecule has 2 aromatic carbocycles. The van der Waals surface area contributed by atoms with E-state index < -0.39 is 21.7 Å². The van der Waals surface area contributed by atoms with Crippen molar-refractivity contribution in [3.8, 4) is 0 Å². The molecule has 152 valence electrons. The number of ether oxygens (including phenoxy) is 1. The highest BCUT2D eigenvalue weighted by Gasteiger charge is 2.24. The first-order chi connectivity index (χ1) is 13.0. The first-order valence-corrected chi connectivity index (χ1v) is 10.7. The van der Waals surface area contributed by atoms with Gasteiger partial charge >= 0.3 is 6.09 Å². The van der Waals surface area contributed by atoms with E-state index in [2.05, 4.69) is 5.32 Å². The van der Waals surface area contributed by atoms with Crippen LogP contribution < -0.4 is 9.62 Å². The number of aryl methyl sites for hydroxylation is 1. The van der Waals surface area contributed by atoms with Crippen LogP contribution >= 0.6 is 0 Å². The lowest BCUT2D eigenvalue weighted by molar-refractivity contribution is 0.0636. The fourth-order valence-corrected chi connectivity index (χ4v) is 4.12. The average molecular weight is 405 g/mol. The highest BCUT2D eigenvalue weighted by molar-refractivity contribution is 7.92. The van der Waals surface area contributed by atoms with E-state index in [1.54, 1.807) is 69.3 Å². The molecule has 0 heterocycles. The van der Waals surface area contributed by atoms with Crippen LogP contribution in [0.2, 0.25) is 0 Å². The number of anilines is 2. The van der Waals surface area contributed by atoms with Gasteiger partial charge in [-0.15, -0.1) is 0 Å². The number of hydrogen-bond donors (Lipinski definition) is 1. The van der Waals surface area contributed by atoms with Crippen molar-refractivity contribution in [1.82, 2.24) is 0 Å². The van der Waals surface area contributed by atoms with Crippen molar-refractivity contribution in [2.24, 2.45) is 0 Å². The summed E-state index contributed by atoms with van der Waals surface area (Å²) >= 11 is 0. The number of carbonyl (C=O) groups excluding carboxylic acids is 1. The first-order valence-electron chi connectivity index (χ1n) is 9.22. The van der Waals surface area contributed by atoms with Gasteiger partial charge in [-0.25, -0.2) is 13.2 Å². The smallest absolute Gasteiger partial charge is 0.412 e. The highest BCUT2D eigenvalue weighted by atomic mass is 32.2. The van der Waals surface area contributed by atoms with Crippen LogP contribution in [-0.4, -0.2) is 26.7 Å². The monoisotopic (exact) mass is 404 g/mol. The zero-order valence-electron chi connectivity index (χ0n) is 17.0. The summed E-state index contributed by atoms with van der Waals surface area (Å²) in [4.78, 5) is 12.1. The fraction of sp³-hybridized carbons (Fsp3) is 0.381. The molecule has 28 heavy (non-hydrogen) atoms. The summed E-state index contributed by atoms with van der Waals surface area (Å²) in [7, 11) is -3.67. The van der Waals surface area contributed by atoms with Crippen molar-refractivity contribution in [3.63, 3.8) is 0 Å². The summed E-state index contributed by atoms with van der Waals surface area (Å²) in [5.74, 6) is 0. The van der Waals surface area contributed by atoms with Gasteiger partial charge in [0.2, 0.25) is 0 Å². The molecule has 0 unspecified atom stereocenters. The second-order valence-electron chi connectivity index (χ2n) is 7.56. The van der Waals surface area contributed by atoms with Gasteiger partial charge in [0, 0.05) is 12.2 Å². The van der Waals surface area contributed by atoms with E-state index in [4.69, 9.17) is 4.74 Å². The number of rotatable bonds is 6. The molecule has 0 fully saturated rings. The van der Waals surface area contributed by atoms with Gasteiger partial charge in [0.1, 0.15) is 5.60 Å². The molecule has 0 radical (unpaired) electrons. The third-order valence-corrected chi connectivity index (χ3v) is 5.68. The highest BCUT2D eigenvalue weighted by Crippen LogP contribution is 2.26. The number of nitrogens with zero attached hydrogens (tertiary/aromatic N) is 1. The van der Waals surface area contributed by atoms with Crippen molar-refractivity contribution in [2.45, 2.75) is 51.5 Å². The molecule has 0 atom stereocenters. The second-order valence-corrected chi connectivity index (χ2v) is 9.43. The minimum Gasteiger partial charge on any atom is -0.444 e. The molecule has 0 aromatic heterocycles. The van der Waals surface area contributed by atoms with Crippen molar-refractivity contribution in [3.05, 3.63) is 54.1 Å². The minimum absolute atomic E-state index is 0.252. The van der Waals surface area contributed by atoms with Crippen molar-refractivity contribution >= 4 is 27.5 Å². The van der Waals surface area contributed by atoms with Crippen LogP contribution in [0.25, 0.3) is 0 Å². The van der Waals surface area contributed by atoms with Crippen molar-refractivity contribution in [1.29, 1.82) is 0 Å². The molecule has 0 bridgehead atoms. The predicted molar refractivity (Wildman–Crippen MR) is 112 cm³/mol. The zero-order chi connectivity index (χ0) is 20.9. The van der Waals surface area contributed by atoms with E-state index in [1.165, 1.54) is 4.31 Å².